The summed E-state index contributed by atoms with van der Waals surface area (Å²) in [5.41, 5.74) is 1.86. The van der Waals surface area contributed by atoms with Crippen LogP contribution in [0.3, 0.4) is 0 Å². The molecule has 8 heteroatoms. The van der Waals surface area contributed by atoms with Crippen LogP contribution in [0, 0.1) is 0 Å². The first-order chi connectivity index (χ1) is 14.2. The van der Waals surface area contributed by atoms with Gasteiger partial charge < -0.3 is 9.47 Å². The van der Waals surface area contributed by atoms with Gasteiger partial charge in [-0.2, -0.15) is 5.10 Å². The van der Waals surface area contributed by atoms with Gasteiger partial charge in [0.1, 0.15) is 12.4 Å². The molecule has 154 valence electrons. The van der Waals surface area contributed by atoms with E-state index in [2.05, 4.69) is 10.0 Å². The number of amides is 1. The van der Waals surface area contributed by atoms with E-state index in [9.17, 15) is 4.79 Å². The Morgan fingerprint density at radius 1 is 1.21 bits per heavy atom. The molecule has 3 heterocycles. The summed E-state index contributed by atoms with van der Waals surface area (Å²) in [4.78, 5) is 16.0. The number of thiophene rings is 1. The molecule has 0 saturated carbocycles. The highest BCUT2D eigenvalue weighted by molar-refractivity contribution is 7.18. The zero-order valence-electron chi connectivity index (χ0n) is 16.2. The van der Waals surface area contributed by atoms with Gasteiger partial charge in [0.05, 0.1) is 41.1 Å². The van der Waals surface area contributed by atoms with Crippen LogP contribution in [0.15, 0.2) is 41.5 Å². The van der Waals surface area contributed by atoms with E-state index in [-0.39, 0.29) is 5.91 Å². The Balaban J connectivity index is 1.29. The highest BCUT2D eigenvalue weighted by Gasteiger charge is 2.22. The minimum atomic E-state index is -0.00637. The van der Waals surface area contributed by atoms with Gasteiger partial charge in [0.15, 0.2) is 0 Å². The van der Waals surface area contributed by atoms with Crippen molar-refractivity contribution in [1.82, 2.24) is 9.91 Å². The average Bonchev–Trinajstić information content (AvgIpc) is 3.38. The first kappa shape index (κ1) is 20.3. The number of hydrazone groups is 1. The smallest absolute Gasteiger partial charge is 0.247 e. The summed E-state index contributed by atoms with van der Waals surface area (Å²) in [6.45, 7) is 5.60. The van der Waals surface area contributed by atoms with E-state index in [1.165, 1.54) is 11.3 Å². The molecule has 0 radical (unpaired) electrons. The van der Waals surface area contributed by atoms with E-state index in [1.807, 2.05) is 36.4 Å². The molecule has 1 amide bonds. The van der Waals surface area contributed by atoms with E-state index in [4.69, 9.17) is 21.1 Å². The monoisotopic (exact) mass is 433 g/mol. The molecule has 0 atom stereocenters. The number of ether oxygens (including phenoxy) is 2. The van der Waals surface area contributed by atoms with Crippen molar-refractivity contribution in [2.45, 2.75) is 12.8 Å². The maximum Gasteiger partial charge on any atom is 0.247 e. The summed E-state index contributed by atoms with van der Waals surface area (Å²) in [7, 11) is 0. The largest absolute Gasteiger partial charge is 0.492 e. The van der Waals surface area contributed by atoms with Gasteiger partial charge >= 0.3 is 0 Å². The van der Waals surface area contributed by atoms with Gasteiger partial charge in [-0.25, -0.2) is 5.01 Å². The minimum absolute atomic E-state index is 0.00637. The van der Waals surface area contributed by atoms with Crippen molar-refractivity contribution in [1.29, 1.82) is 0 Å². The fourth-order valence-corrected chi connectivity index (χ4v) is 4.46. The number of morpholine rings is 1. The van der Waals surface area contributed by atoms with E-state index in [1.54, 1.807) is 5.01 Å². The van der Waals surface area contributed by atoms with E-state index >= 15 is 0 Å². The van der Waals surface area contributed by atoms with Crippen molar-refractivity contribution < 1.29 is 14.3 Å². The zero-order chi connectivity index (χ0) is 20.1. The summed E-state index contributed by atoms with van der Waals surface area (Å²) in [5.74, 6) is 0.788. The minimum Gasteiger partial charge on any atom is -0.492 e. The number of hydrogen-bond donors (Lipinski definition) is 0. The summed E-state index contributed by atoms with van der Waals surface area (Å²) < 4.78 is 12.0. The molecule has 6 nitrogen and oxygen atoms in total. The van der Waals surface area contributed by atoms with Crippen molar-refractivity contribution in [3.8, 4) is 5.75 Å². The van der Waals surface area contributed by atoms with Gasteiger partial charge in [-0.15, -0.1) is 11.3 Å². The van der Waals surface area contributed by atoms with Crippen LogP contribution < -0.4 is 4.74 Å². The number of carbonyl (C=O) groups excluding carboxylic acids is 1. The van der Waals surface area contributed by atoms with Gasteiger partial charge in [0, 0.05) is 26.1 Å². The lowest BCUT2D eigenvalue weighted by molar-refractivity contribution is -0.130. The highest BCUT2D eigenvalue weighted by atomic mass is 35.5. The SMILES string of the molecule is O=C(Cc1cccc(OCCN2CCOCC2)c1)N1CCC(c2ccc(Cl)s2)=N1. The molecule has 2 aliphatic heterocycles. The van der Waals surface area contributed by atoms with Crippen molar-refractivity contribution in [3.63, 3.8) is 0 Å². The number of benzene rings is 1. The Morgan fingerprint density at radius 3 is 2.86 bits per heavy atom. The van der Waals surface area contributed by atoms with Gasteiger partial charge in [0.25, 0.3) is 0 Å². The van der Waals surface area contributed by atoms with Crippen molar-refractivity contribution in [3.05, 3.63) is 51.2 Å². The highest BCUT2D eigenvalue weighted by Crippen LogP contribution is 2.25. The standard InChI is InChI=1S/C21H24ClN3O3S/c22-20-5-4-19(29-20)18-6-7-25(23-18)21(26)15-16-2-1-3-17(14-16)28-13-10-24-8-11-27-12-9-24/h1-5,14H,6-13,15H2. The summed E-state index contributed by atoms with van der Waals surface area (Å²) in [5, 5.41) is 6.06. The predicted molar refractivity (Wildman–Crippen MR) is 115 cm³/mol. The molecule has 2 aromatic rings. The molecule has 2 aliphatic rings. The van der Waals surface area contributed by atoms with Crippen LogP contribution in [0.25, 0.3) is 0 Å². The predicted octanol–water partition coefficient (Wildman–Crippen LogP) is 3.29. The maximum atomic E-state index is 12.7. The molecule has 29 heavy (non-hydrogen) atoms. The van der Waals surface area contributed by atoms with Crippen LogP contribution in [0.2, 0.25) is 4.34 Å². The fourth-order valence-electron chi connectivity index (χ4n) is 3.41. The molecule has 1 aromatic heterocycles. The van der Waals surface area contributed by atoms with Crippen LogP contribution in [-0.2, 0) is 16.0 Å². The van der Waals surface area contributed by atoms with Crippen molar-refractivity contribution in [2.24, 2.45) is 5.10 Å². The second-order valence-electron chi connectivity index (χ2n) is 7.04. The average molecular weight is 434 g/mol. The quantitative estimate of drug-likeness (QED) is 0.672. The normalized spacial score (nSPS) is 17.4. The number of rotatable bonds is 7. The van der Waals surface area contributed by atoms with Crippen LogP contribution in [0.1, 0.15) is 16.9 Å². The number of carbonyl (C=O) groups is 1. The van der Waals surface area contributed by atoms with Crippen LogP contribution in [0.4, 0.5) is 0 Å². The molecule has 0 N–H and O–H groups in total. The summed E-state index contributed by atoms with van der Waals surface area (Å²) in [6.07, 6.45) is 1.07. The maximum absolute atomic E-state index is 12.7. The molecule has 0 aliphatic carbocycles. The Kier molecular flexibility index (Phi) is 6.82. The topological polar surface area (TPSA) is 54.4 Å². The first-order valence-corrected chi connectivity index (χ1v) is 11.0. The Labute approximate surface area is 179 Å². The third-order valence-corrected chi connectivity index (χ3v) is 6.26. The summed E-state index contributed by atoms with van der Waals surface area (Å²) in [6, 6.07) is 11.6. The Hall–Kier alpha value is -1.93. The van der Waals surface area contributed by atoms with Gasteiger partial charge in [0.2, 0.25) is 5.91 Å². The van der Waals surface area contributed by atoms with Crippen molar-refractivity contribution in [2.75, 3.05) is 46.0 Å². The lowest BCUT2D eigenvalue weighted by Crippen LogP contribution is -2.38. The van der Waals surface area contributed by atoms with Crippen molar-refractivity contribution >= 4 is 34.6 Å². The van der Waals surface area contributed by atoms with E-state index in [0.717, 1.165) is 65.5 Å². The van der Waals surface area contributed by atoms with Crippen LogP contribution >= 0.6 is 22.9 Å². The second kappa shape index (κ2) is 9.71. The van der Waals surface area contributed by atoms with Crippen LogP contribution in [-0.4, -0.2) is 67.5 Å². The van der Waals surface area contributed by atoms with Gasteiger partial charge in [-0.3, -0.25) is 9.69 Å². The van der Waals surface area contributed by atoms with E-state index < -0.39 is 0 Å². The molecular weight excluding hydrogens is 410 g/mol. The van der Waals surface area contributed by atoms with E-state index in [0.29, 0.717) is 19.6 Å². The molecule has 0 bridgehead atoms. The second-order valence-corrected chi connectivity index (χ2v) is 8.76. The van der Waals surface area contributed by atoms with Gasteiger partial charge in [-0.05, 0) is 29.8 Å². The molecule has 0 spiro atoms. The molecular formula is C21H24ClN3O3S. The third-order valence-electron chi connectivity index (χ3n) is 4.98. The molecule has 1 aromatic carbocycles. The fraction of sp³-hybridized carbons (Fsp3) is 0.429. The molecule has 1 fully saturated rings. The van der Waals surface area contributed by atoms with Crippen LogP contribution in [0.5, 0.6) is 5.75 Å². The number of hydrogen-bond acceptors (Lipinski definition) is 6. The Bertz CT molecular complexity index is 880. The number of nitrogens with zero attached hydrogens (tertiary/aromatic N) is 3. The van der Waals surface area contributed by atoms with Gasteiger partial charge in [-0.1, -0.05) is 23.7 Å². The third kappa shape index (κ3) is 5.57. The lowest BCUT2D eigenvalue weighted by atomic mass is 10.1. The molecule has 4 rings (SSSR count). The Morgan fingerprint density at radius 2 is 2.07 bits per heavy atom. The zero-order valence-corrected chi connectivity index (χ0v) is 17.8. The molecule has 0 unspecified atom stereocenters. The first-order valence-electron chi connectivity index (χ1n) is 9.83. The molecule has 1 saturated heterocycles. The summed E-state index contributed by atoms with van der Waals surface area (Å²) >= 11 is 7.50. The number of halogens is 1. The lowest BCUT2D eigenvalue weighted by Gasteiger charge is -2.26.